The van der Waals surface area contributed by atoms with Gasteiger partial charge in [-0.05, 0) is 36.6 Å². The average Bonchev–Trinajstić information content (AvgIpc) is 3.37. The maximum Gasteiger partial charge on any atom is 0.339 e. The fourth-order valence-electron chi connectivity index (χ4n) is 2.84. The molecule has 0 aliphatic carbocycles. The Bertz CT molecular complexity index is 1080. The molecule has 0 radical (unpaired) electrons. The number of esters is 1. The number of rotatable bonds is 5. The van der Waals surface area contributed by atoms with Crippen molar-refractivity contribution in [2.75, 3.05) is 0 Å². The molecule has 0 aliphatic rings. The number of imidazole rings is 1. The summed E-state index contributed by atoms with van der Waals surface area (Å²) in [4.78, 5) is 33.6. The third kappa shape index (κ3) is 3.39. The van der Waals surface area contributed by atoms with Crippen molar-refractivity contribution in [2.45, 2.75) is 13.0 Å². The number of benzene rings is 2. The van der Waals surface area contributed by atoms with Gasteiger partial charge in [0.05, 0.1) is 21.5 Å². The van der Waals surface area contributed by atoms with Gasteiger partial charge in [0.15, 0.2) is 6.10 Å². The van der Waals surface area contributed by atoms with Crippen LogP contribution in [-0.2, 0) is 4.74 Å². The van der Waals surface area contributed by atoms with Crippen LogP contribution < -0.4 is 0 Å². The van der Waals surface area contributed by atoms with E-state index in [1.54, 1.807) is 37.3 Å². The summed E-state index contributed by atoms with van der Waals surface area (Å²) in [6.45, 7) is 1.75. The Morgan fingerprint density at radius 3 is 2.48 bits per heavy atom. The highest BCUT2D eigenvalue weighted by Crippen LogP contribution is 2.23. The Morgan fingerprint density at radius 1 is 1.00 bits per heavy atom. The number of aromatic nitrogens is 2. The van der Waals surface area contributed by atoms with Crippen LogP contribution in [0.2, 0.25) is 0 Å². The summed E-state index contributed by atoms with van der Waals surface area (Å²) in [5.74, 6) is -0.177. The minimum atomic E-state index is -0.574. The van der Waals surface area contributed by atoms with Crippen molar-refractivity contribution in [1.29, 1.82) is 0 Å². The smallest absolute Gasteiger partial charge is 0.339 e. The Labute approximate surface area is 159 Å². The van der Waals surface area contributed by atoms with Gasteiger partial charge in [-0.2, -0.15) is 0 Å². The van der Waals surface area contributed by atoms with Gasteiger partial charge >= 0.3 is 5.97 Å². The van der Waals surface area contributed by atoms with Crippen molar-refractivity contribution < 1.29 is 14.3 Å². The van der Waals surface area contributed by atoms with E-state index in [1.165, 1.54) is 11.3 Å². The van der Waals surface area contributed by atoms with E-state index >= 15 is 0 Å². The van der Waals surface area contributed by atoms with Gasteiger partial charge in [-0.25, -0.2) is 9.78 Å². The molecule has 0 spiro atoms. The lowest BCUT2D eigenvalue weighted by molar-refractivity contribution is 0.0320. The lowest BCUT2D eigenvalue weighted by Crippen LogP contribution is -2.14. The number of hydrogen-bond acceptors (Lipinski definition) is 5. The number of nitrogens with zero attached hydrogens (tertiary/aromatic N) is 1. The molecule has 6 heteroatoms. The van der Waals surface area contributed by atoms with E-state index in [0.29, 0.717) is 16.3 Å². The molecule has 4 aromatic rings. The maximum atomic E-state index is 12.7. The molecule has 134 valence electrons. The van der Waals surface area contributed by atoms with Crippen molar-refractivity contribution in [3.8, 4) is 0 Å². The van der Waals surface area contributed by atoms with Crippen molar-refractivity contribution >= 4 is 34.1 Å². The third-order valence-electron chi connectivity index (χ3n) is 4.21. The Hall–Kier alpha value is -3.25. The van der Waals surface area contributed by atoms with E-state index in [0.717, 1.165) is 11.0 Å². The van der Waals surface area contributed by atoms with Gasteiger partial charge in [0.2, 0.25) is 5.78 Å². The number of nitrogens with one attached hydrogen (secondary N) is 1. The second-order valence-corrected chi connectivity index (χ2v) is 6.99. The van der Waals surface area contributed by atoms with Gasteiger partial charge in [-0.15, -0.1) is 11.3 Å². The van der Waals surface area contributed by atoms with Gasteiger partial charge in [0.1, 0.15) is 5.82 Å². The number of H-pyrrole nitrogens is 1. The highest BCUT2D eigenvalue weighted by molar-refractivity contribution is 7.12. The summed E-state index contributed by atoms with van der Waals surface area (Å²) >= 11 is 1.34. The first-order valence-corrected chi connectivity index (χ1v) is 9.34. The number of ketones is 1. The second-order valence-electron chi connectivity index (χ2n) is 6.04. The fourth-order valence-corrected chi connectivity index (χ4v) is 3.52. The molecule has 4 rings (SSSR count). The molecule has 5 nitrogen and oxygen atoms in total. The highest BCUT2D eigenvalue weighted by Gasteiger charge is 2.22. The predicted octanol–water partition coefficient (Wildman–Crippen LogP) is 4.77. The van der Waals surface area contributed by atoms with Crippen LogP contribution in [0.5, 0.6) is 0 Å². The molecule has 2 aromatic heterocycles. The quantitative estimate of drug-likeness (QED) is 0.402. The van der Waals surface area contributed by atoms with Crippen LogP contribution in [0.25, 0.3) is 11.0 Å². The van der Waals surface area contributed by atoms with Crippen LogP contribution >= 0.6 is 11.3 Å². The molecule has 1 N–H and O–H groups in total. The molecular weight excluding hydrogens is 360 g/mol. The minimum absolute atomic E-state index is 0.186. The molecule has 0 bridgehead atoms. The topological polar surface area (TPSA) is 72.1 Å². The molecule has 0 amide bonds. The number of ether oxygens (including phenoxy) is 1. The van der Waals surface area contributed by atoms with Gasteiger partial charge in [0, 0.05) is 5.56 Å². The van der Waals surface area contributed by atoms with E-state index in [2.05, 4.69) is 9.97 Å². The van der Waals surface area contributed by atoms with Gasteiger partial charge < -0.3 is 9.72 Å². The first-order valence-electron chi connectivity index (χ1n) is 8.46. The zero-order chi connectivity index (χ0) is 18.8. The number of fused-ring (bicyclic) bond motifs is 1. The van der Waals surface area contributed by atoms with E-state index < -0.39 is 12.1 Å². The molecule has 0 saturated heterocycles. The molecular formula is C21H16N2O3S. The zero-order valence-corrected chi connectivity index (χ0v) is 15.3. The number of carbonyl (C=O) groups excluding carboxylic acids is 2. The summed E-state index contributed by atoms with van der Waals surface area (Å²) < 4.78 is 5.58. The standard InChI is InChI=1S/C21H16N2O3S/c1-13(20-22-16-9-4-5-10-17(16)23-20)26-21(25)15-8-3-2-7-14(15)19(24)18-11-6-12-27-18/h2-13H,1H3,(H,22,23). The molecule has 1 atom stereocenters. The van der Waals surface area contributed by atoms with Crippen molar-refractivity contribution in [2.24, 2.45) is 0 Å². The van der Waals surface area contributed by atoms with E-state index in [1.807, 2.05) is 35.7 Å². The predicted molar refractivity (Wildman–Crippen MR) is 104 cm³/mol. The van der Waals surface area contributed by atoms with Crippen LogP contribution in [0, 0.1) is 0 Å². The van der Waals surface area contributed by atoms with Crippen LogP contribution in [-0.4, -0.2) is 21.7 Å². The Morgan fingerprint density at radius 2 is 1.74 bits per heavy atom. The number of aromatic amines is 1. The maximum absolute atomic E-state index is 12.7. The largest absolute Gasteiger partial charge is 0.451 e. The number of thiophene rings is 1. The molecule has 2 aromatic carbocycles. The summed E-state index contributed by atoms with van der Waals surface area (Å²) in [5.41, 5.74) is 2.27. The minimum Gasteiger partial charge on any atom is -0.451 e. The van der Waals surface area contributed by atoms with E-state index in [4.69, 9.17) is 4.74 Å². The average molecular weight is 376 g/mol. The van der Waals surface area contributed by atoms with Crippen LogP contribution in [0.4, 0.5) is 0 Å². The molecule has 1 unspecified atom stereocenters. The normalized spacial score (nSPS) is 12.0. The van der Waals surface area contributed by atoms with Gasteiger partial charge in [0.25, 0.3) is 0 Å². The van der Waals surface area contributed by atoms with E-state index in [-0.39, 0.29) is 11.3 Å². The van der Waals surface area contributed by atoms with Gasteiger partial charge in [-0.1, -0.05) is 36.4 Å². The monoisotopic (exact) mass is 376 g/mol. The number of carbonyl (C=O) groups is 2. The Kier molecular flexibility index (Phi) is 4.56. The van der Waals surface area contributed by atoms with Gasteiger partial charge in [-0.3, -0.25) is 4.79 Å². The van der Waals surface area contributed by atoms with Crippen molar-refractivity contribution in [1.82, 2.24) is 9.97 Å². The first kappa shape index (κ1) is 17.2. The summed E-state index contributed by atoms with van der Waals surface area (Å²) in [5, 5.41) is 1.83. The van der Waals surface area contributed by atoms with E-state index in [9.17, 15) is 9.59 Å². The summed E-state index contributed by atoms with van der Waals surface area (Å²) in [7, 11) is 0. The number of hydrogen-bond donors (Lipinski definition) is 1. The summed E-state index contributed by atoms with van der Waals surface area (Å²) in [6.07, 6.45) is -0.574. The van der Waals surface area contributed by atoms with Crippen LogP contribution in [0.3, 0.4) is 0 Å². The molecule has 2 heterocycles. The zero-order valence-electron chi connectivity index (χ0n) is 14.5. The second kappa shape index (κ2) is 7.17. The lowest BCUT2D eigenvalue weighted by Gasteiger charge is -2.12. The molecule has 0 fully saturated rings. The SMILES string of the molecule is CC(OC(=O)c1ccccc1C(=O)c1cccs1)c1nc2ccccc2[nH]1. The fraction of sp³-hybridized carbons (Fsp3) is 0.0952. The van der Waals surface area contributed by atoms with Crippen molar-refractivity contribution in [3.63, 3.8) is 0 Å². The van der Waals surface area contributed by atoms with Crippen LogP contribution in [0.15, 0.2) is 66.0 Å². The third-order valence-corrected chi connectivity index (χ3v) is 5.08. The van der Waals surface area contributed by atoms with Crippen molar-refractivity contribution in [3.05, 3.63) is 87.9 Å². The number of para-hydroxylation sites is 2. The summed E-state index contributed by atoms with van der Waals surface area (Å²) in [6, 6.07) is 17.9. The lowest BCUT2D eigenvalue weighted by atomic mass is 10.0. The molecule has 0 aliphatic heterocycles. The van der Waals surface area contributed by atoms with Crippen LogP contribution in [0.1, 0.15) is 44.4 Å². The Balaban J connectivity index is 1.59. The molecule has 0 saturated carbocycles. The molecule has 27 heavy (non-hydrogen) atoms. The first-order chi connectivity index (χ1) is 13.1. The highest BCUT2D eigenvalue weighted by atomic mass is 32.1.